The Morgan fingerprint density at radius 3 is 2.09 bits per heavy atom. The number of halogens is 4. The van der Waals surface area contributed by atoms with Crippen molar-refractivity contribution in [2.24, 2.45) is 0 Å². The third-order valence-electron chi connectivity index (χ3n) is 3.00. The Balaban J connectivity index is 2.21. The number of rotatable bonds is 6. The highest BCUT2D eigenvalue weighted by atomic mass is 19.3. The lowest BCUT2D eigenvalue weighted by Crippen LogP contribution is -2.15. The zero-order valence-electron chi connectivity index (χ0n) is 11.6. The van der Waals surface area contributed by atoms with E-state index < -0.39 is 30.7 Å². The summed E-state index contributed by atoms with van der Waals surface area (Å²) in [5.74, 6) is -2.86. The molecule has 0 fully saturated rings. The molecule has 3 nitrogen and oxygen atoms in total. The topological polar surface area (TPSA) is 43.4 Å². The maximum absolute atomic E-state index is 13.2. The fourth-order valence-corrected chi connectivity index (χ4v) is 1.87. The van der Waals surface area contributed by atoms with Gasteiger partial charge >= 0.3 is 6.61 Å². The molecule has 0 atom stereocenters. The van der Waals surface area contributed by atoms with Gasteiger partial charge in [0.1, 0.15) is 18.2 Å². The van der Waals surface area contributed by atoms with Crippen molar-refractivity contribution in [3.63, 3.8) is 0 Å². The summed E-state index contributed by atoms with van der Waals surface area (Å²) in [6, 6.07) is 7.46. The van der Waals surface area contributed by atoms with Gasteiger partial charge in [0.05, 0.1) is 0 Å². The first-order chi connectivity index (χ1) is 10.9. The van der Waals surface area contributed by atoms with Gasteiger partial charge in [0.2, 0.25) is 11.6 Å². The number of hydrogen-bond acceptors (Lipinski definition) is 3. The molecule has 0 bridgehead atoms. The van der Waals surface area contributed by atoms with Gasteiger partial charge in [-0.25, -0.2) is 8.78 Å². The number of carbonyl (C=O) groups is 2. The first-order valence-electron chi connectivity index (χ1n) is 6.40. The lowest BCUT2D eigenvalue weighted by atomic mass is 10.00. The van der Waals surface area contributed by atoms with Crippen LogP contribution in [0.4, 0.5) is 17.6 Å². The molecule has 23 heavy (non-hydrogen) atoms. The van der Waals surface area contributed by atoms with Crippen LogP contribution in [0.1, 0.15) is 26.3 Å². The molecule has 2 aromatic carbocycles. The molecule has 2 aromatic rings. The molecule has 0 radical (unpaired) electrons. The van der Waals surface area contributed by atoms with Gasteiger partial charge in [-0.15, -0.1) is 0 Å². The van der Waals surface area contributed by atoms with Crippen LogP contribution in [-0.2, 0) is 6.67 Å². The molecule has 0 aromatic heterocycles. The Morgan fingerprint density at radius 2 is 1.52 bits per heavy atom. The van der Waals surface area contributed by atoms with Crippen molar-refractivity contribution in [3.8, 4) is 5.75 Å². The van der Waals surface area contributed by atoms with Crippen molar-refractivity contribution in [3.05, 3.63) is 65.0 Å². The molecule has 0 unspecified atom stereocenters. The number of hydrogen-bond donors (Lipinski definition) is 0. The fraction of sp³-hybridized carbons (Fsp3) is 0.125. The third kappa shape index (κ3) is 3.94. The highest BCUT2D eigenvalue weighted by molar-refractivity contribution is 6.49. The van der Waals surface area contributed by atoms with Crippen molar-refractivity contribution in [1.82, 2.24) is 0 Å². The molecule has 0 saturated carbocycles. The average Bonchev–Trinajstić information content (AvgIpc) is 2.54. The Morgan fingerprint density at radius 1 is 0.957 bits per heavy atom. The number of alkyl halides is 3. The molecule has 0 heterocycles. The van der Waals surface area contributed by atoms with Crippen LogP contribution in [0.2, 0.25) is 0 Å². The van der Waals surface area contributed by atoms with E-state index in [2.05, 4.69) is 4.74 Å². The maximum Gasteiger partial charge on any atom is 0.387 e. The van der Waals surface area contributed by atoms with Crippen LogP contribution in [0.3, 0.4) is 0 Å². The van der Waals surface area contributed by atoms with Crippen LogP contribution in [-0.4, -0.2) is 18.2 Å². The lowest BCUT2D eigenvalue weighted by Gasteiger charge is -2.06. The standard InChI is InChI=1S/C16H10F4O3/c17-8-11-7-10(3-6-13(11)18)15(22)14(21)9-1-4-12(5-2-9)23-16(19)20/h1-7,16H,8H2. The van der Waals surface area contributed by atoms with Gasteiger partial charge in [0, 0.05) is 16.7 Å². The van der Waals surface area contributed by atoms with E-state index in [1.165, 1.54) is 0 Å². The van der Waals surface area contributed by atoms with Gasteiger partial charge < -0.3 is 4.74 Å². The van der Waals surface area contributed by atoms with E-state index >= 15 is 0 Å². The zero-order valence-corrected chi connectivity index (χ0v) is 11.6. The van der Waals surface area contributed by atoms with E-state index in [4.69, 9.17) is 0 Å². The molecule has 0 aliphatic rings. The summed E-state index contributed by atoms with van der Waals surface area (Å²) >= 11 is 0. The van der Waals surface area contributed by atoms with E-state index in [-0.39, 0.29) is 22.4 Å². The Kier molecular flexibility index (Phi) is 5.10. The van der Waals surface area contributed by atoms with Crippen LogP contribution in [0, 0.1) is 5.82 Å². The van der Waals surface area contributed by atoms with Gasteiger partial charge in [-0.05, 0) is 42.5 Å². The summed E-state index contributed by atoms with van der Waals surface area (Å²) in [5, 5.41) is 0. The van der Waals surface area contributed by atoms with Gasteiger partial charge in [-0.3, -0.25) is 9.59 Å². The van der Waals surface area contributed by atoms with E-state index in [0.29, 0.717) is 0 Å². The minimum atomic E-state index is -3.00. The lowest BCUT2D eigenvalue weighted by molar-refractivity contribution is -0.0498. The molecular formula is C16H10F4O3. The number of carbonyl (C=O) groups excluding carboxylic acids is 2. The molecule has 0 spiro atoms. The van der Waals surface area contributed by atoms with Gasteiger partial charge in [0.15, 0.2) is 0 Å². The van der Waals surface area contributed by atoms with Crippen molar-refractivity contribution in [2.45, 2.75) is 13.3 Å². The van der Waals surface area contributed by atoms with Crippen molar-refractivity contribution < 1.29 is 31.9 Å². The maximum atomic E-state index is 13.2. The van der Waals surface area contributed by atoms with Crippen LogP contribution in [0.5, 0.6) is 5.75 Å². The van der Waals surface area contributed by atoms with Crippen molar-refractivity contribution in [1.29, 1.82) is 0 Å². The number of Topliss-reactive ketones (excluding diaryl/α,β-unsaturated/α-hetero) is 2. The van der Waals surface area contributed by atoms with E-state index in [1.807, 2.05) is 0 Å². The van der Waals surface area contributed by atoms with E-state index in [9.17, 15) is 27.2 Å². The molecule has 0 aliphatic heterocycles. The monoisotopic (exact) mass is 326 g/mol. The zero-order chi connectivity index (χ0) is 17.0. The van der Waals surface area contributed by atoms with Gasteiger partial charge in [-0.2, -0.15) is 8.78 Å². The third-order valence-corrected chi connectivity index (χ3v) is 3.00. The highest BCUT2D eigenvalue weighted by Crippen LogP contribution is 2.18. The quantitative estimate of drug-likeness (QED) is 0.458. The van der Waals surface area contributed by atoms with Crippen molar-refractivity contribution >= 4 is 11.6 Å². The van der Waals surface area contributed by atoms with Crippen molar-refractivity contribution in [2.75, 3.05) is 0 Å². The summed E-state index contributed by atoms with van der Waals surface area (Å²) in [5.41, 5.74) is -0.538. The molecule has 2 rings (SSSR count). The van der Waals surface area contributed by atoms with Crippen LogP contribution < -0.4 is 4.74 Å². The van der Waals surface area contributed by atoms with Crippen LogP contribution in [0.15, 0.2) is 42.5 Å². The first kappa shape index (κ1) is 16.7. The normalized spacial score (nSPS) is 10.7. The molecule has 0 aliphatic carbocycles. The minimum Gasteiger partial charge on any atom is -0.435 e. The number of ketones is 2. The predicted molar refractivity (Wildman–Crippen MR) is 72.9 cm³/mol. The highest BCUT2D eigenvalue weighted by Gasteiger charge is 2.20. The fourth-order valence-electron chi connectivity index (χ4n) is 1.87. The second kappa shape index (κ2) is 7.04. The molecule has 7 heteroatoms. The van der Waals surface area contributed by atoms with E-state index in [1.54, 1.807) is 0 Å². The van der Waals surface area contributed by atoms with Gasteiger partial charge in [0.25, 0.3) is 0 Å². The number of ether oxygens (including phenoxy) is 1. The summed E-state index contributed by atoms with van der Waals surface area (Å²) in [6.45, 7) is -4.11. The molecule has 0 N–H and O–H groups in total. The minimum absolute atomic E-state index is 0.0530. The molecule has 0 amide bonds. The first-order valence-corrected chi connectivity index (χ1v) is 6.40. The average molecular weight is 326 g/mol. The van der Waals surface area contributed by atoms with Crippen LogP contribution in [0.25, 0.3) is 0 Å². The summed E-state index contributed by atoms with van der Waals surface area (Å²) in [6.07, 6.45) is 0. The SMILES string of the molecule is O=C(C(=O)c1ccc(F)c(CF)c1)c1ccc(OC(F)F)cc1. The smallest absolute Gasteiger partial charge is 0.387 e. The Bertz CT molecular complexity index is 727. The Labute approximate surface area is 128 Å². The largest absolute Gasteiger partial charge is 0.435 e. The summed E-state index contributed by atoms with van der Waals surface area (Å²) in [4.78, 5) is 24.1. The second-order valence-corrected chi connectivity index (χ2v) is 4.50. The molecular weight excluding hydrogens is 316 g/mol. The van der Waals surface area contributed by atoms with E-state index in [0.717, 1.165) is 42.5 Å². The van der Waals surface area contributed by atoms with Gasteiger partial charge in [-0.1, -0.05) is 0 Å². The summed E-state index contributed by atoms with van der Waals surface area (Å²) < 4.78 is 54.0. The predicted octanol–water partition coefficient (Wildman–Crippen LogP) is 3.96. The summed E-state index contributed by atoms with van der Waals surface area (Å²) in [7, 11) is 0. The molecule has 120 valence electrons. The second-order valence-electron chi connectivity index (χ2n) is 4.50. The number of benzene rings is 2. The molecule has 0 saturated heterocycles. The Hall–Kier alpha value is -2.70. The van der Waals surface area contributed by atoms with Crippen LogP contribution >= 0.6 is 0 Å².